The topological polar surface area (TPSA) is 35.5 Å². The van der Waals surface area contributed by atoms with Gasteiger partial charge in [-0.1, -0.05) is 60.8 Å². The van der Waals surface area contributed by atoms with Gasteiger partial charge in [0, 0.05) is 12.0 Å². The molecule has 0 aromatic carbocycles. The molecule has 0 heterocycles. The summed E-state index contributed by atoms with van der Waals surface area (Å²) in [6.07, 6.45) is 28.7. The second-order valence-corrected chi connectivity index (χ2v) is 7.20. The van der Waals surface area contributed by atoms with E-state index in [-0.39, 0.29) is 11.4 Å². The molecule has 0 radical (unpaired) electrons. The molecule has 0 spiro atoms. The first-order valence-electron chi connectivity index (χ1n) is 10.7. The predicted octanol–water partition coefficient (Wildman–Crippen LogP) is 6.49. The van der Waals surface area contributed by atoms with Gasteiger partial charge in [0.1, 0.15) is 0 Å². The van der Waals surface area contributed by atoms with E-state index >= 15 is 0 Å². The maximum atomic E-state index is 11.9. The summed E-state index contributed by atoms with van der Waals surface area (Å²) in [6.45, 7) is 6.90. The average molecular weight is 387 g/mol. The summed E-state index contributed by atoms with van der Waals surface area (Å²) in [4.78, 5) is 11.9. The van der Waals surface area contributed by atoms with Crippen molar-refractivity contribution in [3.05, 3.63) is 60.8 Å². The Balaban J connectivity index is 2.48. The minimum Gasteiger partial charge on any atom is -0.464 e. The van der Waals surface area contributed by atoms with E-state index in [2.05, 4.69) is 67.7 Å². The highest BCUT2D eigenvalue weighted by molar-refractivity contribution is 5.74. The van der Waals surface area contributed by atoms with E-state index in [4.69, 9.17) is 9.47 Å². The van der Waals surface area contributed by atoms with Crippen LogP contribution in [0.3, 0.4) is 0 Å². The molecule has 2 unspecified atom stereocenters. The van der Waals surface area contributed by atoms with Crippen molar-refractivity contribution in [1.29, 1.82) is 0 Å². The summed E-state index contributed by atoms with van der Waals surface area (Å²) < 4.78 is 10.6. The van der Waals surface area contributed by atoms with Gasteiger partial charge in [-0.25, -0.2) is 4.79 Å². The lowest BCUT2D eigenvalue weighted by atomic mass is 9.88. The Bertz CT molecular complexity index is 542. The molecule has 2 atom stereocenters. The average Bonchev–Trinajstić information content (AvgIpc) is 2.67. The monoisotopic (exact) mass is 386 g/mol. The third-order valence-corrected chi connectivity index (χ3v) is 4.59. The number of hydrogen-bond donors (Lipinski definition) is 0. The number of carbonyl (C=O) groups is 1. The van der Waals surface area contributed by atoms with Gasteiger partial charge >= 0.3 is 5.97 Å². The lowest BCUT2D eigenvalue weighted by Gasteiger charge is -2.17. The normalized spacial score (nSPS) is 24.8. The Kier molecular flexibility index (Phi) is 13.0. The zero-order valence-corrected chi connectivity index (χ0v) is 17.9. The van der Waals surface area contributed by atoms with Gasteiger partial charge in [-0.2, -0.15) is 0 Å². The van der Waals surface area contributed by atoms with E-state index in [1.807, 2.05) is 13.8 Å². The second-order valence-electron chi connectivity index (χ2n) is 7.20. The van der Waals surface area contributed by atoms with Crippen LogP contribution >= 0.6 is 0 Å². The van der Waals surface area contributed by atoms with Gasteiger partial charge in [-0.15, -0.1) is 0 Å². The van der Waals surface area contributed by atoms with Crippen LogP contribution in [0.4, 0.5) is 0 Å². The number of esters is 1. The number of hydrogen-bond acceptors (Lipinski definition) is 3. The molecule has 1 aliphatic rings. The van der Waals surface area contributed by atoms with Crippen LogP contribution < -0.4 is 0 Å². The molecule has 0 bridgehead atoms. The van der Waals surface area contributed by atoms with Crippen LogP contribution in [0.25, 0.3) is 0 Å². The maximum absolute atomic E-state index is 11.9. The molecular weight excluding hydrogens is 348 g/mol. The molecule has 0 aliphatic heterocycles. The summed E-state index contributed by atoms with van der Waals surface area (Å²) in [6, 6.07) is 0. The highest BCUT2D eigenvalue weighted by Crippen LogP contribution is 2.24. The molecule has 0 aromatic heterocycles. The van der Waals surface area contributed by atoms with Gasteiger partial charge in [0.25, 0.3) is 0 Å². The van der Waals surface area contributed by atoms with Gasteiger partial charge in [-0.3, -0.25) is 0 Å². The maximum Gasteiger partial charge on any atom is 0.335 e. The molecular formula is C25H38O3. The van der Waals surface area contributed by atoms with Crippen molar-refractivity contribution >= 4 is 5.97 Å². The van der Waals surface area contributed by atoms with Crippen LogP contribution in [0.2, 0.25) is 0 Å². The molecule has 3 nitrogen and oxygen atoms in total. The summed E-state index contributed by atoms with van der Waals surface area (Å²) in [7, 11) is 0. The van der Waals surface area contributed by atoms with E-state index in [1.54, 1.807) is 0 Å². The summed E-state index contributed by atoms with van der Waals surface area (Å²) in [5.41, 5.74) is -0.0559. The first kappa shape index (κ1) is 24.2. The molecule has 0 saturated carbocycles. The number of rotatable bonds is 10. The molecule has 0 saturated heterocycles. The minimum atomic E-state index is -0.426. The number of ether oxygens (including phenoxy) is 2. The van der Waals surface area contributed by atoms with Crippen LogP contribution in [-0.2, 0) is 14.3 Å². The first-order valence-corrected chi connectivity index (χ1v) is 10.7. The Morgan fingerprint density at radius 2 is 1.57 bits per heavy atom. The van der Waals surface area contributed by atoms with Crippen LogP contribution in [-0.4, -0.2) is 25.3 Å². The zero-order chi connectivity index (χ0) is 20.5. The summed E-state index contributed by atoms with van der Waals surface area (Å²) in [5, 5.41) is 0. The van der Waals surface area contributed by atoms with Gasteiger partial charge in [0.2, 0.25) is 0 Å². The standard InChI is InChI=1S/C25H38O3/c1-4-27-23(24(26)28-5-2)19-15-11-14-18-22-25(3)20-16-12-9-7-6-8-10-13-17-21-25/h7-10,16-18,20-23H,4-6,11-15,19H2,1-3H3/b9-7-,10-8-,20-16-,21-17?,22-18-. The van der Waals surface area contributed by atoms with Gasteiger partial charge in [0.05, 0.1) is 6.61 Å². The van der Waals surface area contributed by atoms with Crippen molar-refractivity contribution in [3.63, 3.8) is 0 Å². The molecule has 0 fully saturated rings. The first-order chi connectivity index (χ1) is 13.6. The van der Waals surface area contributed by atoms with Crippen molar-refractivity contribution in [3.8, 4) is 0 Å². The third kappa shape index (κ3) is 11.1. The fraction of sp³-hybridized carbons (Fsp3) is 0.560. The Hall–Kier alpha value is -1.87. The van der Waals surface area contributed by atoms with Crippen molar-refractivity contribution < 1.29 is 14.3 Å². The van der Waals surface area contributed by atoms with E-state index in [0.29, 0.717) is 13.2 Å². The smallest absolute Gasteiger partial charge is 0.335 e. The Morgan fingerprint density at radius 3 is 2.14 bits per heavy atom. The SMILES string of the molecule is CCOC(=O)C(CCCC/C=C\C1(C)C=CC/C=C\C/C=C\C/C=C\1)OCC. The molecule has 0 amide bonds. The van der Waals surface area contributed by atoms with Crippen LogP contribution in [0.1, 0.15) is 65.7 Å². The molecule has 3 heteroatoms. The van der Waals surface area contributed by atoms with Gasteiger partial charge in [-0.05, 0) is 65.7 Å². The van der Waals surface area contributed by atoms with E-state index in [9.17, 15) is 4.79 Å². The number of allylic oxidation sites excluding steroid dienone is 10. The van der Waals surface area contributed by atoms with Crippen molar-refractivity contribution in [2.24, 2.45) is 5.41 Å². The van der Waals surface area contributed by atoms with Crippen LogP contribution in [0.15, 0.2) is 60.8 Å². The zero-order valence-electron chi connectivity index (χ0n) is 17.9. The number of carbonyl (C=O) groups excluding carboxylic acids is 1. The highest BCUT2D eigenvalue weighted by Gasteiger charge is 2.19. The number of unbranched alkanes of at least 4 members (excludes halogenated alkanes) is 2. The fourth-order valence-electron chi connectivity index (χ4n) is 3.07. The molecule has 1 aliphatic carbocycles. The van der Waals surface area contributed by atoms with E-state index < -0.39 is 6.10 Å². The minimum absolute atomic E-state index is 0.0559. The van der Waals surface area contributed by atoms with Gasteiger partial charge < -0.3 is 9.47 Å². The summed E-state index contributed by atoms with van der Waals surface area (Å²) >= 11 is 0. The third-order valence-electron chi connectivity index (χ3n) is 4.59. The molecule has 0 N–H and O–H groups in total. The van der Waals surface area contributed by atoms with Crippen molar-refractivity contribution in [2.75, 3.05) is 13.2 Å². The molecule has 1 rings (SSSR count). The van der Waals surface area contributed by atoms with Crippen molar-refractivity contribution in [2.45, 2.75) is 71.8 Å². The molecule has 0 aromatic rings. The second kappa shape index (κ2) is 15.1. The fourth-order valence-corrected chi connectivity index (χ4v) is 3.07. The largest absolute Gasteiger partial charge is 0.464 e. The Morgan fingerprint density at radius 1 is 0.964 bits per heavy atom. The molecule has 28 heavy (non-hydrogen) atoms. The summed E-state index contributed by atoms with van der Waals surface area (Å²) in [5.74, 6) is -0.237. The Labute approximate surface area is 171 Å². The van der Waals surface area contributed by atoms with Crippen molar-refractivity contribution in [1.82, 2.24) is 0 Å². The molecule has 156 valence electrons. The lowest BCUT2D eigenvalue weighted by molar-refractivity contribution is -0.156. The van der Waals surface area contributed by atoms with Gasteiger partial charge in [0.15, 0.2) is 6.10 Å². The van der Waals surface area contributed by atoms with E-state index in [1.165, 1.54) is 0 Å². The predicted molar refractivity (Wildman–Crippen MR) is 118 cm³/mol. The van der Waals surface area contributed by atoms with Crippen LogP contribution in [0.5, 0.6) is 0 Å². The quantitative estimate of drug-likeness (QED) is 0.245. The lowest BCUT2D eigenvalue weighted by Crippen LogP contribution is -2.26. The van der Waals surface area contributed by atoms with Crippen LogP contribution in [0, 0.1) is 5.41 Å². The highest BCUT2D eigenvalue weighted by atomic mass is 16.6. The van der Waals surface area contributed by atoms with E-state index in [0.717, 1.165) is 44.9 Å².